The predicted octanol–water partition coefficient (Wildman–Crippen LogP) is 4.04. The summed E-state index contributed by atoms with van der Waals surface area (Å²) in [7, 11) is 0. The number of Topliss-reactive ketones (excluding diaryl/α,β-unsaturated/α-hetero) is 1. The molecule has 0 bridgehead atoms. The molecule has 21 heavy (non-hydrogen) atoms. The lowest BCUT2D eigenvalue weighted by molar-refractivity contribution is 0.0922. The summed E-state index contributed by atoms with van der Waals surface area (Å²) < 4.78 is 11.7. The van der Waals surface area contributed by atoms with Gasteiger partial charge in [-0.15, -0.1) is 11.3 Å². The Morgan fingerprint density at radius 1 is 1.33 bits per heavy atom. The van der Waals surface area contributed by atoms with Crippen molar-refractivity contribution in [3.8, 4) is 17.6 Å². The van der Waals surface area contributed by atoms with Crippen LogP contribution in [0.1, 0.15) is 22.2 Å². The molecule has 0 amide bonds. The van der Waals surface area contributed by atoms with Gasteiger partial charge in [0.05, 0.1) is 23.1 Å². The number of carbonyl (C=O) groups is 1. The topological polar surface area (TPSA) is 59.3 Å². The number of hydrogen-bond donors (Lipinski definition) is 0. The maximum atomic E-state index is 12.1. The lowest BCUT2D eigenvalue weighted by Gasteiger charge is -2.11. The summed E-state index contributed by atoms with van der Waals surface area (Å²) in [5.74, 6) is 0.815. The first-order chi connectivity index (χ1) is 10.2. The molecule has 0 saturated carbocycles. The van der Waals surface area contributed by atoms with Crippen LogP contribution in [0.25, 0.3) is 0 Å². The van der Waals surface area contributed by atoms with Gasteiger partial charge in [-0.25, -0.2) is 0 Å². The third-order valence-corrected chi connectivity index (χ3v) is 4.48. The fourth-order valence-corrected chi connectivity index (χ4v) is 3.19. The number of nitriles is 1. The minimum Gasteiger partial charge on any atom is -0.490 e. The van der Waals surface area contributed by atoms with Gasteiger partial charge in [-0.2, -0.15) is 5.26 Å². The molecular formula is C15H12BrNO3S. The molecule has 0 spiro atoms. The van der Waals surface area contributed by atoms with E-state index in [1.165, 1.54) is 11.3 Å². The van der Waals surface area contributed by atoms with Gasteiger partial charge in [0.2, 0.25) is 5.78 Å². The van der Waals surface area contributed by atoms with E-state index in [1.54, 1.807) is 18.2 Å². The molecule has 1 aromatic heterocycles. The number of nitrogens with zero attached hydrogens (tertiary/aromatic N) is 1. The van der Waals surface area contributed by atoms with Gasteiger partial charge in [0.15, 0.2) is 18.1 Å². The molecule has 0 atom stereocenters. The van der Waals surface area contributed by atoms with Crippen LogP contribution < -0.4 is 9.47 Å². The fourth-order valence-electron chi connectivity index (χ4n) is 1.67. The summed E-state index contributed by atoms with van der Waals surface area (Å²) in [6.45, 7) is 2.22. The fraction of sp³-hybridized carbons (Fsp3) is 0.200. The Morgan fingerprint density at radius 2 is 2.14 bits per heavy atom. The highest BCUT2D eigenvalue weighted by Gasteiger charge is 2.14. The summed E-state index contributed by atoms with van der Waals surface area (Å²) in [6.07, 6.45) is 0. The molecule has 2 rings (SSSR count). The first kappa shape index (κ1) is 15.5. The Labute approximate surface area is 135 Å². The molecule has 0 fully saturated rings. The predicted molar refractivity (Wildman–Crippen MR) is 84.2 cm³/mol. The van der Waals surface area contributed by atoms with Crippen LogP contribution in [0, 0.1) is 11.3 Å². The average Bonchev–Trinajstić information content (AvgIpc) is 2.92. The summed E-state index contributed by atoms with van der Waals surface area (Å²) in [6, 6.07) is 8.73. The Hall–Kier alpha value is -1.84. The molecule has 0 aliphatic heterocycles. The van der Waals surface area contributed by atoms with Crippen molar-refractivity contribution in [2.75, 3.05) is 13.2 Å². The van der Waals surface area contributed by atoms with Gasteiger partial charge in [0.1, 0.15) is 0 Å². The van der Waals surface area contributed by atoms with E-state index < -0.39 is 0 Å². The third-order valence-electron chi connectivity index (χ3n) is 2.60. The van der Waals surface area contributed by atoms with Gasteiger partial charge in [-0.1, -0.05) is 0 Å². The number of rotatable bonds is 6. The Balaban J connectivity index is 2.11. The second kappa shape index (κ2) is 7.25. The first-order valence-corrected chi connectivity index (χ1v) is 7.89. The minimum atomic E-state index is -0.108. The summed E-state index contributed by atoms with van der Waals surface area (Å²) in [4.78, 5) is 12.7. The van der Waals surface area contributed by atoms with Crippen LogP contribution in [0.4, 0.5) is 0 Å². The number of thiophene rings is 1. The summed E-state index contributed by atoms with van der Waals surface area (Å²) in [5.41, 5.74) is 0.484. The molecule has 4 nitrogen and oxygen atoms in total. The number of hydrogen-bond acceptors (Lipinski definition) is 5. The molecule has 0 radical (unpaired) electrons. The van der Waals surface area contributed by atoms with Gasteiger partial charge in [0, 0.05) is 10.5 Å². The highest BCUT2D eigenvalue weighted by molar-refractivity contribution is 9.10. The quantitative estimate of drug-likeness (QED) is 0.724. The van der Waals surface area contributed by atoms with E-state index in [0.29, 0.717) is 28.5 Å². The molecule has 0 aliphatic rings. The van der Waals surface area contributed by atoms with Crippen LogP contribution in [0.15, 0.2) is 34.1 Å². The normalized spacial score (nSPS) is 9.95. The van der Waals surface area contributed by atoms with E-state index >= 15 is 0 Å². The van der Waals surface area contributed by atoms with Crippen molar-refractivity contribution >= 4 is 33.0 Å². The van der Waals surface area contributed by atoms with Gasteiger partial charge >= 0.3 is 0 Å². The summed E-state index contributed by atoms with van der Waals surface area (Å²) in [5, 5.41) is 10.7. The molecule has 0 saturated heterocycles. The van der Waals surface area contributed by atoms with Crippen molar-refractivity contribution in [1.29, 1.82) is 5.26 Å². The zero-order valence-corrected chi connectivity index (χ0v) is 13.7. The Kier molecular flexibility index (Phi) is 5.37. The standard InChI is InChI=1S/C15H12BrNO3S/c1-2-19-14-7-10(8-17)3-4-13(14)20-9-12(18)15-11(16)5-6-21-15/h3-7H,2,9H2,1H3. The maximum absolute atomic E-state index is 12.1. The molecule has 0 aliphatic carbocycles. The number of carbonyl (C=O) groups excluding carboxylic acids is 1. The van der Waals surface area contributed by atoms with E-state index in [9.17, 15) is 4.79 Å². The SMILES string of the molecule is CCOc1cc(C#N)ccc1OCC(=O)c1sccc1Br. The van der Waals surface area contributed by atoms with Crippen molar-refractivity contribution < 1.29 is 14.3 Å². The first-order valence-electron chi connectivity index (χ1n) is 6.21. The van der Waals surface area contributed by atoms with Crippen LogP contribution in [-0.2, 0) is 0 Å². The van der Waals surface area contributed by atoms with Gasteiger partial charge in [-0.3, -0.25) is 4.79 Å². The van der Waals surface area contributed by atoms with Crippen LogP contribution >= 0.6 is 27.3 Å². The molecule has 2 aromatic rings. The zero-order chi connectivity index (χ0) is 15.2. The Bertz CT molecular complexity index is 690. The second-order valence-electron chi connectivity index (χ2n) is 4.02. The molecule has 108 valence electrons. The van der Waals surface area contributed by atoms with Crippen molar-refractivity contribution in [1.82, 2.24) is 0 Å². The van der Waals surface area contributed by atoms with Crippen molar-refractivity contribution in [2.45, 2.75) is 6.92 Å². The maximum Gasteiger partial charge on any atom is 0.211 e. The van der Waals surface area contributed by atoms with Crippen LogP contribution in [0.2, 0.25) is 0 Å². The van der Waals surface area contributed by atoms with E-state index in [0.717, 1.165) is 4.47 Å². The van der Waals surface area contributed by atoms with Crippen molar-refractivity contribution in [3.63, 3.8) is 0 Å². The number of ketones is 1. The molecule has 0 N–H and O–H groups in total. The average molecular weight is 366 g/mol. The highest BCUT2D eigenvalue weighted by Crippen LogP contribution is 2.29. The van der Waals surface area contributed by atoms with Gasteiger partial charge < -0.3 is 9.47 Å². The zero-order valence-electron chi connectivity index (χ0n) is 11.3. The number of halogens is 1. The van der Waals surface area contributed by atoms with Gasteiger partial charge in [-0.05, 0) is 46.4 Å². The van der Waals surface area contributed by atoms with Crippen LogP contribution in [0.5, 0.6) is 11.5 Å². The molecule has 1 aromatic carbocycles. The Morgan fingerprint density at radius 3 is 2.76 bits per heavy atom. The molecule has 0 unspecified atom stereocenters. The van der Waals surface area contributed by atoms with Crippen molar-refractivity contribution in [2.24, 2.45) is 0 Å². The third kappa shape index (κ3) is 3.84. The molecule has 1 heterocycles. The van der Waals surface area contributed by atoms with E-state index in [1.807, 2.05) is 24.4 Å². The lowest BCUT2D eigenvalue weighted by atomic mass is 10.2. The van der Waals surface area contributed by atoms with Crippen LogP contribution in [0.3, 0.4) is 0 Å². The monoisotopic (exact) mass is 365 g/mol. The molecule has 6 heteroatoms. The minimum absolute atomic E-state index is 0.0783. The number of benzene rings is 1. The second-order valence-corrected chi connectivity index (χ2v) is 5.79. The smallest absolute Gasteiger partial charge is 0.211 e. The molecular weight excluding hydrogens is 354 g/mol. The largest absolute Gasteiger partial charge is 0.490 e. The van der Waals surface area contributed by atoms with E-state index in [4.69, 9.17) is 14.7 Å². The lowest BCUT2D eigenvalue weighted by Crippen LogP contribution is -2.11. The van der Waals surface area contributed by atoms with Crippen LogP contribution in [-0.4, -0.2) is 19.0 Å². The van der Waals surface area contributed by atoms with E-state index in [-0.39, 0.29) is 12.4 Å². The van der Waals surface area contributed by atoms with Crippen molar-refractivity contribution in [3.05, 3.63) is 44.6 Å². The number of ether oxygens (including phenoxy) is 2. The summed E-state index contributed by atoms with van der Waals surface area (Å²) >= 11 is 4.69. The van der Waals surface area contributed by atoms with E-state index in [2.05, 4.69) is 15.9 Å². The highest BCUT2D eigenvalue weighted by atomic mass is 79.9. The van der Waals surface area contributed by atoms with Gasteiger partial charge in [0.25, 0.3) is 0 Å².